The predicted molar refractivity (Wildman–Crippen MR) is 126 cm³/mol. The molecule has 3 aromatic carbocycles. The summed E-state index contributed by atoms with van der Waals surface area (Å²) in [6.45, 7) is 4.69. The van der Waals surface area contributed by atoms with Crippen molar-refractivity contribution in [1.29, 1.82) is 0 Å². The number of aromatic nitrogens is 2. The van der Waals surface area contributed by atoms with Crippen LogP contribution in [0.25, 0.3) is 11.0 Å². The maximum atomic E-state index is 11.0. The molecule has 0 bridgehead atoms. The number of ether oxygens (including phenoxy) is 1. The second-order valence-electron chi connectivity index (χ2n) is 8.15. The molecule has 0 amide bonds. The lowest BCUT2D eigenvalue weighted by molar-refractivity contribution is 0.0697. The van der Waals surface area contributed by atoms with Crippen LogP contribution < -0.4 is 4.74 Å². The molecule has 164 valence electrons. The molecule has 1 aromatic heterocycles. The highest BCUT2D eigenvalue weighted by molar-refractivity contribution is 5.87. The van der Waals surface area contributed by atoms with Gasteiger partial charge in [0.2, 0.25) is 0 Å². The number of fused-ring (bicyclic) bond motifs is 1. The van der Waals surface area contributed by atoms with E-state index in [0.717, 1.165) is 47.4 Å². The highest BCUT2D eigenvalue weighted by Crippen LogP contribution is 2.31. The van der Waals surface area contributed by atoms with Crippen molar-refractivity contribution >= 4 is 17.0 Å². The largest absolute Gasteiger partial charge is 0.489 e. The zero-order valence-electron chi connectivity index (χ0n) is 18.5. The Morgan fingerprint density at radius 2 is 1.81 bits per heavy atom. The molecule has 0 radical (unpaired) electrons. The number of imidazole rings is 1. The van der Waals surface area contributed by atoms with Gasteiger partial charge in [0.05, 0.1) is 16.6 Å². The van der Waals surface area contributed by atoms with Gasteiger partial charge in [0.1, 0.15) is 18.2 Å². The van der Waals surface area contributed by atoms with Crippen LogP contribution in [0.15, 0.2) is 66.7 Å². The van der Waals surface area contributed by atoms with E-state index in [-0.39, 0.29) is 11.5 Å². The van der Waals surface area contributed by atoms with Crippen LogP contribution in [0.1, 0.15) is 65.0 Å². The second-order valence-corrected chi connectivity index (χ2v) is 8.15. The van der Waals surface area contributed by atoms with E-state index < -0.39 is 5.97 Å². The summed E-state index contributed by atoms with van der Waals surface area (Å²) in [5.41, 5.74) is 5.72. The van der Waals surface area contributed by atoms with E-state index in [1.54, 1.807) is 24.3 Å². The molecular weight excluding hydrogens is 400 g/mol. The minimum Gasteiger partial charge on any atom is -0.489 e. The van der Waals surface area contributed by atoms with Crippen molar-refractivity contribution in [3.05, 3.63) is 94.8 Å². The topological polar surface area (TPSA) is 75.2 Å². The van der Waals surface area contributed by atoms with Crippen LogP contribution in [0.5, 0.6) is 5.75 Å². The van der Waals surface area contributed by atoms with Gasteiger partial charge in [-0.3, -0.25) is 0 Å². The second kappa shape index (κ2) is 9.69. The zero-order valence-corrected chi connectivity index (χ0v) is 18.5. The van der Waals surface area contributed by atoms with Gasteiger partial charge in [0.15, 0.2) is 0 Å². The van der Waals surface area contributed by atoms with Crippen molar-refractivity contribution in [3.8, 4) is 5.75 Å². The Kier molecular flexibility index (Phi) is 6.55. The maximum Gasteiger partial charge on any atom is 0.335 e. The standard InChI is InChI=1S/C27H28N2O3/c1-3-4-7-23(26-28-24-8-5-6-18(2)25(24)29-26)20-13-15-22(16-14-20)32-17-19-9-11-21(12-10-19)27(30)31/h5-6,8-16,23H,3-4,7,17H2,1-2H3,(H,28,29)(H,30,31). The molecule has 4 rings (SSSR count). The summed E-state index contributed by atoms with van der Waals surface area (Å²) >= 11 is 0. The fraction of sp³-hybridized carbons (Fsp3) is 0.259. The summed E-state index contributed by atoms with van der Waals surface area (Å²) in [7, 11) is 0. The third kappa shape index (κ3) is 4.83. The number of carbonyl (C=O) groups is 1. The molecule has 0 aliphatic heterocycles. The number of carboxylic acid groups (broad SMARTS) is 1. The average molecular weight is 429 g/mol. The van der Waals surface area contributed by atoms with Crippen LogP contribution in [-0.4, -0.2) is 21.0 Å². The lowest BCUT2D eigenvalue weighted by Gasteiger charge is -2.16. The van der Waals surface area contributed by atoms with Crippen molar-refractivity contribution in [2.75, 3.05) is 0 Å². The number of para-hydroxylation sites is 1. The number of rotatable bonds is 9. The summed E-state index contributed by atoms with van der Waals surface area (Å²) in [6, 6.07) is 21.2. The minimum absolute atomic E-state index is 0.208. The van der Waals surface area contributed by atoms with E-state index in [1.807, 2.05) is 12.1 Å². The molecule has 1 unspecified atom stereocenters. The highest BCUT2D eigenvalue weighted by atomic mass is 16.5. The fourth-order valence-electron chi connectivity index (χ4n) is 3.94. The normalized spacial score (nSPS) is 12.1. The van der Waals surface area contributed by atoms with Crippen LogP contribution >= 0.6 is 0 Å². The van der Waals surface area contributed by atoms with Crippen LogP contribution in [0, 0.1) is 6.92 Å². The molecule has 0 aliphatic carbocycles. The summed E-state index contributed by atoms with van der Waals surface area (Å²) < 4.78 is 5.91. The summed E-state index contributed by atoms with van der Waals surface area (Å²) in [6.07, 6.45) is 3.30. The number of nitrogens with one attached hydrogen (secondary N) is 1. The molecule has 1 atom stereocenters. The SMILES string of the molecule is CCCCC(c1ccc(OCc2ccc(C(=O)O)cc2)cc1)c1nc2c(C)cccc2[nH]1. The van der Waals surface area contributed by atoms with Gasteiger partial charge >= 0.3 is 5.97 Å². The number of H-pyrrole nitrogens is 1. The molecule has 0 spiro atoms. The van der Waals surface area contributed by atoms with E-state index in [2.05, 4.69) is 49.2 Å². The molecule has 0 aliphatic rings. The maximum absolute atomic E-state index is 11.0. The van der Waals surface area contributed by atoms with E-state index in [1.165, 1.54) is 11.1 Å². The van der Waals surface area contributed by atoms with Gasteiger partial charge in [-0.05, 0) is 60.4 Å². The molecule has 0 saturated carbocycles. The number of aryl methyl sites for hydroxylation is 1. The van der Waals surface area contributed by atoms with Crippen molar-refractivity contribution in [2.24, 2.45) is 0 Å². The Hall–Kier alpha value is -3.60. The van der Waals surface area contributed by atoms with Crippen molar-refractivity contribution in [2.45, 2.75) is 45.6 Å². The van der Waals surface area contributed by atoms with Crippen LogP contribution in [-0.2, 0) is 6.61 Å². The molecule has 5 nitrogen and oxygen atoms in total. The summed E-state index contributed by atoms with van der Waals surface area (Å²) in [4.78, 5) is 19.4. The van der Waals surface area contributed by atoms with Gasteiger partial charge in [-0.15, -0.1) is 0 Å². The number of aromatic amines is 1. The van der Waals surface area contributed by atoms with Gasteiger partial charge in [-0.25, -0.2) is 9.78 Å². The van der Waals surface area contributed by atoms with Gasteiger partial charge in [-0.2, -0.15) is 0 Å². The number of hydrogen-bond donors (Lipinski definition) is 2. The van der Waals surface area contributed by atoms with Gasteiger partial charge in [0, 0.05) is 5.92 Å². The van der Waals surface area contributed by atoms with Gasteiger partial charge in [0.25, 0.3) is 0 Å². The van der Waals surface area contributed by atoms with Crippen LogP contribution in [0.4, 0.5) is 0 Å². The Labute approximate surface area is 188 Å². The average Bonchev–Trinajstić information content (AvgIpc) is 3.24. The Balaban J connectivity index is 1.50. The molecule has 1 heterocycles. The summed E-state index contributed by atoms with van der Waals surface area (Å²) in [5.74, 6) is 1.07. The molecule has 0 fully saturated rings. The third-order valence-electron chi connectivity index (χ3n) is 5.80. The molecular formula is C27H28N2O3. The highest BCUT2D eigenvalue weighted by Gasteiger charge is 2.18. The van der Waals surface area contributed by atoms with E-state index in [0.29, 0.717) is 6.61 Å². The zero-order chi connectivity index (χ0) is 22.5. The first kappa shape index (κ1) is 21.6. The fourth-order valence-corrected chi connectivity index (χ4v) is 3.94. The van der Waals surface area contributed by atoms with E-state index in [4.69, 9.17) is 14.8 Å². The predicted octanol–water partition coefficient (Wildman–Crippen LogP) is 6.47. The van der Waals surface area contributed by atoms with Crippen LogP contribution in [0.3, 0.4) is 0 Å². The van der Waals surface area contributed by atoms with Crippen molar-refractivity contribution < 1.29 is 14.6 Å². The Bertz CT molecular complexity index is 1190. The lowest BCUT2D eigenvalue weighted by Crippen LogP contribution is -2.04. The number of unbranched alkanes of at least 4 members (excludes halogenated alkanes) is 1. The molecule has 32 heavy (non-hydrogen) atoms. The van der Waals surface area contributed by atoms with Crippen molar-refractivity contribution in [3.63, 3.8) is 0 Å². The molecule has 5 heteroatoms. The number of carboxylic acids is 1. The summed E-state index contributed by atoms with van der Waals surface area (Å²) in [5, 5.41) is 9.01. The van der Waals surface area contributed by atoms with E-state index >= 15 is 0 Å². The number of aromatic carboxylic acids is 1. The number of hydrogen-bond acceptors (Lipinski definition) is 3. The Morgan fingerprint density at radius 3 is 2.47 bits per heavy atom. The molecule has 2 N–H and O–H groups in total. The van der Waals surface area contributed by atoms with Gasteiger partial charge in [-0.1, -0.05) is 56.2 Å². The molecule has 0 saturated heterocycles. The first-order chi connectivity index (χ1) is 15.5. The smallest absolute Gasteiger partial charge is 0.335 e. The molecule has 4 aromatic rings. The minimum atomic E-state index is -0.926. The van der Waals surface area contributed by atoms with E-state index in [9.17, 15) is 4.79 Å². The van der Waals surface area contributed by atoms with Gasteiger partial charge < -0.3 is 14.8 Å². The monoisotopic (exact) mass is 428 g/mol. The quantitative estimate of drug-likeness (QED) is 0.320. The first-order valence-corrected chi connectivity index (χ1v) is 11.1. The number of nitrogens with zero attached hydrogens (tertiary/aromatic N) is 1. The third-order valence-corrected chi connectivity index (χ3v) is 5.80. The Morgan fingerprint density at radius 1 is 1.06 bits per heavy atom. The lowest BCUT2D eigenvalue weighted by atomic mass is 9.93. The van der Waals surface area contributed by atoms with Crippen molar-refractivity contribution in [1.82, 2.24) is 9.97 Å². The first-order valence-electron chi connectivity index (χ1n) is 11.1. The van der Waals surface area contributed by atoms with Crippen LogP contribution in [0.2, 0.25) is 0 Å². The number of benzene rings is 3.